The molecule has 5 nitrogen and oxygen atoms in total. The second-order valence-electron chi connectivity index (χ2n) is 5.11. The van der Waals surface area contributed by atoms with Crippen LogP contribution in [-0.4, -0.2) is 23.7 Å². The van der Waals surface area contributed by atoms with Gasteiger partial charge in [0.15, 0.2) is 0 Å². The van der Waals surface area contributed by atoms with Gasteiger partial charge in [-0.1, -0.05) is 17.7 Å². The largest absolute Gasteiger partial charge is 0.496 e. The fraction of sp³-hybridized carbons (Fsp3) is 0.375. The predicted octanol–water partition coefficient (Wildman–Crippen LogP) is 1.83. The molecule has 0 amide bonds. The van der Waals surface area contributed by atoms with Crippen molar-refractivity contribution in [2.75, 3.05) is 14.2 Å². The summed E-state index contributed by atoms with van der Waals surface area (Å²) in [5.41, 5.74) is 2.87. The third-order valence-corrected chi connectivity index (χ3v) is 3.50. The third-order valence-electron chi connectivity index (χ3n) is 3.50. The van der Waals surface area contributed by atoms with Gasteiger partial charge < -0.3 is 10.1 Å². The molecule has 0 bridgehead atoms. The van der Waals surface area contributed by atoms with E-state index in [-0.39, 0.29) is 11.6 Å². The van der Waals surface area contributed by atoms with Crippen LogP contribution in [0.1, 0.15) is 22.9 Å². The number of ether oxygens (including phenoxy) is 1. The number of nitrogens with one attached hydrogen (secondary N) is 1. The van der Waals surface area contributed by atoms with Crippen LogP contribution in [0, 0.1) is 13.8 Å². The molecule has 2 aromatic rings. The summed E-state index contributed by atoms with van der Waals surface area (Å²) < 4.78 is 7.03. The fourth-order valence-corrected chi connectivity index (χ4v) is 2.32. The Morgan fingerprint density at radius 3 is 2.71 bits per heavy atom. The highest BCUT2D eigenvalue weighted by Crippen LogP contribution is 2.26. The quantitative estimate of drug-likeness (QED) is 0.911. The van der Waals surface area contributed by atoms with Gasteiger partial charge in [-0.25, -0.2) is 4.98 Å². The summed E-state index contributed by atoms with van der Waals surface area (Å²) in [5, 5.41) is 3.24. The van der Waals surface area contributed by atoms with Gasteiger partial charge in [-0.15, -0.1) is 0 Å². The van der Waals surface area contributed by atoms with Crippen molar-refractivity contribution in [3.05, 3.63) is 57.8 Å². The van der Waals surface area contributed by atoms with Gasteiger partial charge in [0.2, 0.25) is 0 Å². The van der Waals surface area contributed by atoms with Crippen LogP contribution in [0.2, 0.25) is 0 Å². The van der Waals surface area contributed by atoms with E-state index >= 15 is 0 Å². The summed E-state index contributed by atoms with van der Waals surface area (Å²) in [7, 11) is 3.53. The van der Waals surface area contributed by atoms with Crippen LogP contribution in [-0.2, 0) is 6.54 Å². The van der Waals surface area contributed by atoms with Crippen LogP contribution < -0.4 is 15.6 Å². The van der Waals surface area contributed by atoms with Gasteiger partial charge in [0.1, 0.15) is 5.75 Å². The lowest BCUT2D eigenvalue weighted by molar-refractivity contribution is 0.393. The van der Waals surface area contributed by atoms with Crippen molar-refractivity contribution in [2.45, 2.75) is 26.4 Å². The molecule has 1 heterocycles. The normalized spacial score (nSPS) is 12.2. The zero-order valence-electron chi connectivity index (χ0n) is 12.9. The van der Waals surface area contributed by atoms with Gasteiger partial charge in [0.05, 0.1) is 19.5 Å². The first-order chi connectivity index (χ1) is 10.0. The van der Waals surface area contributed by atoms with E-state index in [2.05, 4.69) is 16.4 Å². The molecule has 1 unspecified atom stereocenters. The summed E-state index contributed by atoms with van der Waals surface area (Å²) in [6.45, 7) is 4.35. The van der Waals surface area contributed by atoms with Gasteiger partial charge in [-0.05, 0) is 27.0 Å². The smallest absolute Gasteiger partial charge is 0.253 e. The first-order valence-corrected chi connectivity index (χ1v) is 6.90. The van der Waals surface area contributed by atoms with Gasteiger partial charge >= 0.3 is 0 Å². The van der Waals surface area contributed by atoms with Gasteiger partial charge in [-0.3, -0.25) is 9.36 Å². The topological polar surface area (TPSA) is 56.2 Å². The molecule has 5 heteroatoms. The summed E-state index contributed by atoms with van der Waals surface area (Å²) >= 11 is 0. The maximum absolute atomic E-state index is 12.0. The molecule has 1 atom stereocenters. The van der Waals surface area contributed by atoms with Gasteiger partial charge in [-0.2, -0.15) is 0 Å². The molecule has 0 radical (unpaired) electrons. The van der Waals surface area contributed by atoms with Crippen molar-refractivity contribution in [1.29, 1.82) is 0 Å². The van der Waals surface area contributed by atoms with Crippen molar-refractivity contribution in [2.24, 2.45) is 0 Å². The summed E-state index contributed by atoms with van der Waals surface area (Å²) in [4.78, 5) is 16.2. The second-order valence-corrected chi connectivity index (χ2v) is 5.11. The van der Waals surface area contributed by atoms with Gasteiger partial charge in [0.25, 0.3) is 5.56 Å². The Morgan fingerprint density at radius 1 is 1.33 bits per heavy atom. The van der Waals surface area contributed by atoms with E-state index in [0.29, 0.717) is 6.54 Å². The first kappa shape index (κ1) is 15.3. The lowest BCUT2D eigenvalue weighted by Crippen LogP contribution is -2.29. The standard InChI is InChI=1S/C16H21N3O2/c1-11-5-6-15(21-4)13(7-11)14(17-3)9-19-10-18-12(2)8-16(19)20/h5-8,10,14,17H,9H2,1-4H3. The molecular weight excluding hydrogens is 266 g/mol. The van der Waals surface area contributed by atoms with E-state index in [9.17, 15) is 4.79 Å². The Hall–Kier alpha value is -2.14. The minimum Gasteiger partial charge on any atom is -0.496 e. The van der Waals surface area contributed by atoms with Crippen LogP contribution in [0.5, 0.6) is 5.75 Å². The SMILES string of the molecule is CNC(Cn1cnc(C)cc1=O)c1cc(C)ccc1OC. The highest BCUT2D eigenvalue weighted by Gasteiger charge is 2.16. The zero-order chi connectivity index (χ0) is 15.4. The third kappa shape index (κ3) is 3.49. The van der Waals surface area contributed by atoms with E-state index in [0.717, 1.165) is 22.6 Å². The summed E-state index contributed by atoms with van der Waals surface area (Å²) in [6, 6.07) is 7.55. The molecule has 21 heavy (non-hydrogen) atoms. The lowest BCUT2D eigenvalue weighted by Gasteiger charge is -2.20. The monoisotopic (exact) mass is 287 g/mol. The minimum absolute atomic E-state index is 0.0259. The van der Waals surface area contributed by atoms with Crippen molar-refractivity contribution in [3.63, 3.8) is 0 Å². The number of aryl methyl sites for hydroxylation is 2. The van der Waals surface area contributed by atoms with Crippen molar-refractivity contribution in [1.82, 2.24) is 14.9 Å². The minimum atomic E-state index is -0.0469. The molecule has 0 saturated carbocycles. The number of hydrogen-bond acceptors (Lipinski definition) is 4. The van der Waals surface area contributed by atoms with Crippen LogP contribution >= 0.6 is 0 Å². The Balaban J connectivity index is 2.36. The average molecular weight is 287 g/mol. The Kier molecular flexibility index (Phi) is 4.75. The highest BCUT2D eigenvalue weighted by molar-refractivity contribution is 5.39. The van der Waals surface area contributed by atoms with E-state index < -0.39 is 0 Å². The van der Waals surface area contributed by atoms with Crippen LogP contribution in [0.15, 0.2) is 35.4 Å². The van der Waals surface area contributed by atoms with Crippen molar-refractivity contribution < 1.29 is 4.74 Å². The maximum Gasteiger partial charge on any atom is 0.253 e. The number of rotatable bonds is 5. The number of likely N-dealkylation sites (N-methyl/N-ethyl adjacent to an activating group) is 1. The molecule has 0 aliphatic rings. The molecule has 2 rings (SSSR count). The van der Waals surface area contributed by atoms with E-state index in [1.54, 1.807) is 24.1 Å². The van der Waals surface area contributed by atoms with Crippen molar-refractivity contribution in [3.8, 4) is 5.75 Å². The zero-order valence-corrected chi connectivity index (χ0v) is 12.9. The number of benzene rings is 1. The van der Waals surface area contributed by atoms with E-state index in [1.165, 1.54) is 0 Å². The molecule has 0 spiro atoms. The molecule has 0 aliphatic carbocycles. The molecule has 0 aliphatic heterocycles. The van der Waals surface area contributed by atoms with Crippen LogP contribution in [0.4, 0.5) is 0 Å². The second kappa shape index (κ2) is 6.54. The maximum atomic E-state index is 12.0. The fourth-order valence-electron chi connectivity index (χ4n) is 2.32. The van der Waals surface area contributed by atoms with E-state index in [4.69, 9.17) is 4.74 Å². The highest BCUT2D eigenvalue weighted by atomic mass is 16.5. The first-order valence-electron chi connectivity index (χ1n) is 6.90. The predicted molar refractivity (Wildman–Crippen MR) is 82.8 cm³/mol. The summed E-state index contributed by atoms with van der Waals surface area (Å²) in [5.74, 6) is 0.813. The van der Waals surface area contributed by atoms with Gasteiger partial charge in [0, 0.05) is 23.9 Å². The Bertz CT molecular complexity index is 679. The molecule has 0 saturated heterocycles. The number of hydrogen-bond donors (Lipinski definition) is 1. The Labute approximate surface area is 124 Å². The van der Waals surface area contributed by atoms with Crippen molar-refractivity contribution >= 4 is 0 Å². The lowest BCUT2D eigenvalue weighted by atomic mass is 10.0. The summed E-state index contributed by atoms with van der Waals surface area (Å²) in [6.07, 6.45) is 1.59. The van der Waals surface area contributed by atoms with E-state index in [1.807, 2.05) is 33.0 Å². The number of aromatic nitrogens is 2. The number of methoxy groups -OCH3 is 1. The molecule has 1 N–H and O–H groups in total. The average Bonchev–Trinajstić information content (AvgIpc) is 2.46. The van der Waals surface area contributed by atoms with Crippen LogP contribution in [0.3, 0.4) is 0 Å². The molecule has 112 valence electrons. The number of nitrogens with zero attached hydrogens (tertiary/aromatic N) is 2. The molecule has 1 aromatic heterocycles. The molecule has 0 fully saturated rings. The molecule has 1 aromatic carbocycles. The molecular formula is C16H21N3O2. The van der Waals surface area contributed by atoms with Crippen LogP contribution in [0.25, 0.3) is 0 Å². The Morgan fingerprint density at radius 2 is 2.10 bits per heavy atom.